The van der Waals surface area contributed by atoms with Gasteiger partial charge in [-0.25, -0.2) is 4.98 Å². The van der Waals surface area contributed by atoms with Crippen LogP contribution in [0.25, 0.3) is 11.1 Å². The van der Waals surface area contributed by atoms with Gasteiger partial charge in [0.2, 0.25) is 11.6 Å². The second kappa shape index (κ2) is 6.24. The fraction of sp³-hybridized carbons (Fsp3) is 0.235. The molecule has 0 fully saturated rings. The van der Waals surface area contributed by atoms with Crippen LogP contribution in [-0.2, 0) is 11.3 Å². The molecular formula is C17H16BrN3O3. The summed E-state index contributed by atoms with van der Waals surface area (Å²) in [7, 11) is 0. The van der Waals surface area contributed by atoms with Crippen LogP contribution in [-0.4, -0.2) is 15.5 Å². The highest BCUT2D eigenvalue weighted by Crippen LogP contribution is 2.20. The van der Waals surface area contributed by atoms with Gasteiger partial charge in [-0.1, -0.05) is 15.9 Å². The first-order valence-corrected chi connectivity index (χ1v) is 8.17. The largest absolute Gasteiger partial charge is 0.443 e. The number of carbonyl (C=O) groups excluding carboxylic acids is 1. The molecule has 24 heavy (non-hydrogen) atoms. The zero-order valence-corrected chi connectivity index (χ0v) is 15.1. The van der Waals surface area contributed by atoms with Crippen LogP contribution >= 0.6 is 15.9 Å². The Bertz CT molecular complexity index is 1000. The van der Waals surface area contributed by atoms with Crippen LogP contribution in [0.3, 0.4) is 0 Å². The molecule has 0 saturated carbocycles. The predicted molar refractivity (Wildman–Crippen MR) is 95.3 cm³/mol. The average Bonchev–Trinajstić information content (AvgIpc) is 2.81. The summed E-state index contributed by atoms with van der Waals surface area (Å²) in [5.41, 5.74) is 2.41. The average molecular weight is 390 g/mol. The Kier molecular flexibility index (Phi) is 4.28. The van der Waals surface area contributed by atoms with E-state index in [1.54, 1.807) is 13.8 Å². The number of nitrogens with one attached hydrogen (secondary N) is 1. The molecule has 0 aliphatic rings. The van der Waals surface area contributed by atoms with Crippen molar-refractivity contribution >= 4 is 38.6 Å². The Hall–Kier alpha value is -2.41. The van der Waals surface area contributed by atoms with Gasteiger partial charge in [0.15, 0.2) is 0 Å². The molecular weight excluding hydrogens is 374 g/mol. The van der Waals surface area contributed by atoms with Crippen molar-refractivity contribution in [3.8, 4) is 0 Å². The van der Waals surface area contributed by atoms with Gasteiger partial charge in [-0.15, -0.1) is 0 Å². The zero-order chi connectivity index (χ0) is 17.4. The maximum Gasteiger partial charge on any atom is 0.265 e. The monoisotopic (exact) mass is 389 g/mol. The van der Waals surface area contributed by atoms with Crippen molar-refractivity contribution in [2.24, 2.45) is 0 Å². The lowest BCUT2D eigenvalue weighted by atomic mass is 10.2. The van der Waals surface area contributed by atoms with Gasteiger partial charge >= 0.3 is 0 Å². The van der Waals surface area contributed by atoms with Crippen LogP contribution in [0.1, 0.15) is 16.9 Å². The Morgan fingerprint density at radius 2 is 2.08 bits per heavy atom. The number of aryl methyl sites for hydroxylation is 3. The Morgan fingerprint density at radius 1 is 1.33 bits per heavy atom. The summed E-state index contributed by atoms with van der Waals surface area (Å²) in [5, 5.41) is 3.23. The molecule has 0 bridgehead atoms. The van der Waals surface area contributed by atoms with Crippen LogP contribution in [0.15, 0.2) is 38.2 Å². The van der Waals surface area contributed by atoms with E-state index in [1.807, 2.05) is 25.1 Å². The van der Waals surface area contributed by atoms with Crippen LogP contribution in [0.5, 0.6) is 0 Å². The van der Waals surface area contributed by atoms with Crippen molar-refractivity contribution in [1.29, 1.82) is 0 Å². The number of anilines is 1. The lowest BCUT2D eigenvalue weighted by Crippen LogP contribution is -2.28. The molecule has 3 rings (SSSR count). The minimum atomic E-state index is -0.290. The Morgan fingerprint density at radius 3 is 2.79 bits per heavy atom. The number of halogens is 1. The zero-order valence-electron chi connectivity index (χ0n) is 13.5. The molecule has 0 aliphatic heterocycles. The van der Waals surface area contributed by atoms with Crippen molar-refractivity contribution in [2.45, 2.75) is 27.3 Å². The van der Waals surface area contributed by atoms with Gasteiger partial charge in [0.1, 0.15) is 24.0 Å². The SMILES string of the molecule is Cc1cc(Br)ccc1NC(=O)Cn1cnc2oc(C)c(C)c2c1=O. The molecule has 3 aromatic rings. The van der Waals surface area contributed by atoms with Crippen LogP contribution in [0, 0.1) is 20.8 Å². The molecule has 1 N–H and O–H groups in total. The highest BCUT2D eigenvalue weighted by molar-refractivity contribution is 9.10. The second-order valence-electron chi connectivity index (χ2n) is 5.65. The number of aromatic nitrogens is 2. The molecule has 6 nitrogen and oxygen atoms in total. The van der Waals surface area contributed by atoms with E-state index < -0.39 is 0 Å². The number of hydrogen-bond donors (Lipinski definition) is 1. The van der Waals surface area contributed by atoms with Crippen LogP contribution < -0.4 is 10.9 Å². The van der Waals surface area contributed by atoms with Crippen molar-refractivity contribution in [2.75, 3.05) is 5.32 Å². The Balaban J connectivity index is 1.87. The normalized spacial score (nSPS) is 11.0. The van der Waals surface area contributed by atoms with E-state index in [-0.39, 0.29) is 18.0 Å². The first-order chi connectivity index (χ1) is 11.4. The number of furan rings is 1. The summed E-state index contributed by atoms with van der Waals surface area (Å²) in [6.07, 6.45) is 1.33. The van der Waals surface area contributed by atoms with Crippen molar-refractivity contribution in [3.63, 3.8) is 0 Å². The molecule has 7 heteroatoms. The first kappa shape index (κ1) is 16.4. The summed E-state index contributed by atoms with van der Waals surface area (Å²) in [6.45, 7) is 5.38. The third-order valence-electron chi connectivity index (χ3n) is 3.93. The number of amides is 1. The fourth-order valence-corrected chi connectivity index (χ4v) is 2.97. The van der Waals surface area contributed by atoms with Crippen molar-refractivity contribution in [3.05, 3.63) is 56.2 Å². The van der Waals surface area contributed by atoms with E-state index in [0.29, 0.717) is 22.5 Å². The molecule has 0 atom stereocenters. The number of nitrogens with zero attached hydrogens (tertiary/aromatic N) is 2. The molecule has 124 valence electrons. The molecule has 1 aromatic carbocycles. The Labute approximate surface area is 146 Å². The molecule has 0 saturated heterocycles. The summed E-state index contributed by atoms with van der Waals surface area (Å²) < 4.78 is 7.66. The molecule has 2 aromatic heterocycles. The lowest BCUT2D eigenvalue weighted by molar-refractivity contribution is -0.116. The fourth-order valence-electron chi connectivity index (χ4n) is 2.49. The van der Waals surface area contributed by atoms with Gasteiger partial charge in [-0.2, -0.15) is 0 Å². The van der Waals surface area contributed by atoms with E-state index in [9.17, 15) is 9.59 Å². The van der Waals surface area contributed by atoms with Gasteiger partial charge in [0, 0.05) is 15.7 Å². The quantitative estimate of drug-likeness (QED) is 0.745. The second-order valence-corrected chi connectivity index (χ2v) is 6.56. The minimum absolute atomic E-state index is 0.110. The first-order valence-electron chi connectivity index (χ1n) is 7.38. The van der Waals surface area contributed by atoms with E-state index in [4.69, 9.17) is 4.42 Å². The summed E-state index contributed by atoms with van der Waals surface area (Å²) in [5.74, 6) is 0.365. The van der Waals surface area contributed by atoms with Crippen LogP contribution in [0.2, 0.25) is 0 Å². The van der Waals surface area contributed by atoms with Gasteiger partial charge in [-0.05, 0) is 44.5 Å². The van der Waals surface area contributed by atoms with E-state index in [0.717, 1.165) is 15.6 Å². The topological polar surface area (TPSA) is 77.1 Å². The third kappa shape index (κ3) is 2.99. The van der Waals surface area contributed by atoms with Gasteiger partial charge in [0.25, 0.3) is 5.56 Å². The van der Waals surface area contributed by atoms with E-state index >= 15 is 0 Å². The number of benzene rings is 1. The van der Waals surface area contributed by atoms with Crippen molar-refractivity contribution in [1.82, 2.24) is 9.55 Å². The number of carbonyl (C=O) groups is 1. The number of fused-ring (bicyclic) bond motifs is 1. The molecule has 1 amide bonds. The molecule has 0 radical (unpaired) electrons. The van der Waals surface area contributed by atoms with Gasteiger partial charge in [0.05, 0.1) is 0 Å². The number of rotatable bonds is 3. The van der Waals surface area contributed by atoms with Crippen LogP contribution in [0.4, 0.5) is 5.69 Å². The lowest BCUT2D eigenvalue weighted by Gasteiger charge is -2.10. The van der Waals surface area contributed by atoms with E-state index in [1.165, 1.54) is 10.9 Å². The van der Waals surface area contributed by atoms with Gasteiger partial charge < -0.3 is 9.73 Å². The predicted octanol–water partition coefficient (Wildman–Crippen LogP) is 3.32. The molecule has 0 unspecified atom stereocenters. The summed E-state index contributed by atoms with van der Waals surface area (Å²) in [6, 6.07) is 5.57. The maximum atomic E-state index is 12.5. The smallest absolute Gasteiger partial charge is 0.265 e. The standard InChI is InChI=1S/C17H16BrN3O3/c1-9-6-12(18)4-5-13(9)20-14(22)7-21-8-19-16-15(17(21)23)10(2)11(3)24-16/h4-6,8H,7H2,1-3H3,(H,20,22). The number of hydrogen-bond acceptors (Lipinski definition) is 4. The third-order valence-corrected chi connectivity index (χ3v) is 4.43. The summed E-state index contributed by atoms with van der Waals surface area (Å²) >= 11 is 3.38. The van der Waals surface area contributed by atoms with Crippen molar-refractivity contribution < 1.29 is 9.21 Å². The minimum Gasteiger partial charge on any atom is -0.443 e. The molecule has 2 heterocycles. The highest BCUT2D eigenvalue weighted by Gasteiger charge is 2.15. The molecule has 0 spiro atoms. The highest BCUT2D eigenvalue weighted by atomic mass is 79.9. The molecule has 0 aliphatic carbocycles. The summed E-state index contributed by atoms with van der Waals surface area (Å²) in [4.78, 5) is 28.9. The maximum absolute atomic E-state index is 12.5. The van der Waals surface area contributed by atoms with E-state index in [2.05, 4.69) is 26.2 Å². The van der Waals surface area contributed by atoms with Gasteiger partial charge in [-0.3, -0.25) is 14.2 Å².